The van der Waals surface area contributed by atoms with Crippen molar-refractivity contribution in [2.24, 2.45) is 0 Å². The van der Waals surface area contributed by atoms with Gasteiger partial charge in [0.15, 0.2) is 5.76 Å². The van der Waals surface area contributed by atoms with Gasteiger partial charge in [-0.1, -0.05) is 30.6 Å². The molecule has 2 bridgehead atoms. The first-order valence-corrected chi connectivity index (χ1v) is 12.1. The molecule has 0 aliphatic carbocycles. The smallest absolute Gasteiger partial charge is 0.248 e. The van der Waals surface area contributed by atoms with Crippen molar-refractivity contribution in [1.82, 2.24) is 9.46 Å². The van der Waals surface area contributed by atoms with Gasteiger partial charge in [-0.15, -0.1) is 0 Å². The summed E-state index contributed by atoms with van der Waals surface area (Å²) in [7, 11) is -3.61. The van der Waals surface area contributed by atoms with E-state index in [0.29, 0.717) is 11.5 Å². The van der Waals surface area contributed by atoms with Crippen LogP contribution in [0.1, 0.15) is 62.5 Å². The molecule has 3 heterocycles. The number of fused-ring (bicyclic) bond motifs is 2. The summed E-state index contributed by atoms with van der Waals surface area (Å²) in [4.78, 5) is 0.233. The van der Waals surface area contributed by atoms with Gasteiger partial charge < -0.3 is 9.26 Å². The maximum atomic E-state index is 13.3. The van der Waals surface area contributed by atoms with Gasteiger partial charge in [0.05, 0.1) is 0 Å². The molecule has 3 atom stereocenters. The number of hydrogen-bond donors (Lipinski definition) is 0. The number of nitrogens with zero attached hydrogens (tertiary/aromatic N) is 2. The molecule has 0 radical (unpaired) electrons. The molecule has 2 saturated heterocycles. The molecule has 4 rings (SSSR count). The number of sulfonamides is 1. The first-order chi connectivity index (χ1) is 13.9. The Morgan fingerprint density at radius 1 is 1.14 bits per heavy atom. The summed E-state index contributed by atoms with van der Waals surface area (Å²) in [5.41, 5.74) is 1.77. The third-order valence-electron chi connectivity index (χ3n) is 6.17. The molecule has 0 N–H and O–H groups in total. The maximum absolute atomic E-state index is 13.3. The van der Waals surface area contributed by atoms with Crippen LogP contribution in [0.25, 0.3) is 0 Å². The molecule has 2 aromatic rings. The van der Waals surface area contributed by atoms with E-state index in [-0.39, 0.29) is 23.1 Å². The fourth-order valence-electron chi connectivity index (χ4n) is 4.83. The molecule has 7 heteroatoms. The predicted molar refractivity (Wildman–Crippen MR) is 111 cm³/mol. The highest BCUT2D eigenvalue weighted by molar-refractivity contribution is 7.89. The minimum Gasteiger partial charge on any atom is -0.490 e. The highest BCUT2D eigenvalue weighted by Gasteiger charge is 2.49. The lowest BCUT2D eigenvalue weighted by Crippen LogP contribution is -2.49. The third kappa shape index (κ3) is 3.94. The second-order valence-electron chi connectivity index (χ2n) is 8.33. The van der Waals surface area contributed by atoms with Crippen LogP contribution in [0.3, 0.4) is 0 Å². The minimum atomic E-state index is -3.61. The molecule has 0 unspecified atom stereocenters. The Bertz CT molecular complexity index is 918. The number of hydrogen-bond acceptors (Lipinski definition) is 5. The summed E-state index contributed by atoms with van der Waals surface area (Å²) in [5.74, 6) is 1.24. The Hall–Kier alpha value is -1.86. The van der Waals surface area contributed by atoms with E-state index in [4.69, 9.17) is 9.26 Å². The third-order valence-corrected chi connectivity index (χ3v) is 8.42. The second-order valence-corrected chi connectivity index (χ2v) is 10.1. The molecular weight excluding hydrogens is 388 g/mol. The van der Waals surface area contributed by atoms with E-state index in [9.17, 15) is 8.42 Å². The van der Waals surface area contributed by atoms with Crippen LogP contribution in [-0.2, 0) is 16.4 Å². The van der Waals surface area contributed by atoms with Gasteiger partial charge in [-0.05, 0) is 57.2 Å². The number of piperidine rings is 1. The summed E-state index contributed by atoms with van der Waals surface area (Å²) in [6.07, 6.45) is 6.72. The van der Waals surface area contributed by atoms with E-state index in [2.05, 4.69) is 24.2 Å². The zero-order chi connectivity index (χ0) is 20.6. The molecule has 6 nitrogen and oxygen atoms in total. The van der Waals surface area contributed by atoms with Gasteiger partial charge in [-0.25, -0.2) is 8.42 Å². The van der Waals surface area contributed by atoms with Crippen LogP contribution in [0.4, 0.5) is 0 Å². The number of ether oxygens (including phenoxy) is 1. The normalized spacial score (nSPS) is 24.7. The van der Waals surface area contributed by atoms with Crippen molar-refractivity contribution in [2.75, 3.05) is 0 Å². The Labute approximate surface area is 173 Å². The molecule has 158 valence electrons. The fourth-order valence-corrected chi connectivity index (χ4v) is 7.02. The predicted octanol–water partition coefficient (Wildman–Crippen LogP) is 4.40. The van der Waals surface area contributed by atoms with Gasteiger partial charge >= 0.3 is 0 Å². The monoisotopic (exact) mass is 418 g/mol. The Kier molecular flexibility index (Phi) is 5.71. The Morgan fingerprint density at radius 3 is 2.34 bits per heavy atom. The van der Waals surface area contributed by atoms with Gasteiger partial charge in [-0.3, -0.25) is 0 Å². The summed E-state index contributed by atoms with van der Waals surface area (Å²) in [6.45, 7) is 5.55. The lowest BCUT2D eigenvalue weighted by Gasteiger charge is -2.37. The summed E-state index contributed by atoms with van der Waals surface area (Å²) in [5, 5.41) is 3.84. The SMILES string of the molecule is CCCCc1ccc(O[C@H]2C[C@H]3CC[C@@H](C2)N3S(=O)(=O)c2c(C)noc2C)cc1. The standard InChI is InChI=1S/C22H30N2O4S/c1-4-5-6-17-7-11-20(12-8-17)27-21-13-18-9-10-19(14-21)24(18)29(25,26)22-15(2)23-28-16(22)3/h7-8,11-12,18-19,21H,4-6,9-10,13-14H2,1-3H3/t18-,19+,21+. The van der Waals surface area contributed by atoms with Crippen LogP contribution >= 0.6 is 0 Å². The lowest BCUT2D eigenvalue weighted by atomic mass is 10.0. The van der Waals surface area contributed by atoms with E-state index in [1.54, 1.807) is 18.2 Å². The highest BCUT2D eigenvalue weighted by Crippen LogP contribution is 2.41. The highest BCUT2D eigenvalue weighted by atomic mass is 32.2. The first-order valence-electron chi connectivity index (χ1n) is 10.6. The van der Waals surface area contributed by atoms with Crippen LogP contribution in [0.5, 0.6) is 5.75 Å². The average molecular weight is 419 g/mol. The quantitative estimate of drug-likeness (QED) is 0.666. The van der Waals surface area contributed by atoms with E-state index in [1.165, 1.54) is 18.4 Å². The van der Waals surface area contributed by atoms with E-state index >= 15 is 0 Å². The molecule has 1 aromatic carbocycles. The van der Waals surface area contributed by atoms with Crippen molar-refractivity contribution < 1.29 is 17.7 Å². The largest absolute Gasteiger partial charge is 0.490 e. The molecule has 2 fully saturated rings. The summed E-state index contributed by atoms with van der Waals surface area (Å²) < 4.78 is 39.7. The number of benzene rings is 1. The summed E-state index contributed by atoms with van der Waals surface area (Å²) in [6, 6.07) is 8.30. The van der Waals surface area contributed by atoms with Gasteiger partial charge in [0, 0.05) is 24.9 Å². The number of aryl methyl sites for hydroxylation is 3. The van der Waals surface area contributed by atoms with E-state index in [1.807, 2.05) is 12.1 Å². The molecular formula is C22H30N2O4S. The lowest BCUT2D eigenvalue weighted by molar-refractivity contribution is 0.0956. The average Bonchev–Trinajstić information content (AvgIpc) is 3.18. The first kappa shape index (κ1) is 20.4. The number of unbranched alkanes of at least 4 members (excludes halogenated alkanes) is 1. The molecule has 2 aliphatic heterocycles. The van der Waals surface area contributed by atoms with Crippen molar-refractivity contribution >= 4 is 10.0 Å². The van der Waals surface area contributed by atoms with E-state index in [0.717, 1.165) is 37.9 Å². The molecule has 1 aromatic heterocycles. The van der Waals surface area contributed by atoms with E-state index < -0.39 is 10.0 Å². The van der Waals surface area contributed by atoms with Gasteiger partial charge in [0.2, 0.25) is 10.0 Å². The van der Waals surface area contributed by atoms with Crippen molar-refractivity contribution in [3.05, 3.63) is 41.3 Å². The van der Waals surface area contributed by atoms with Crippen molar-refractivity contribution in [3.8, 4) is 5.75 Å². The fraction of sp³-hybridized carbons (Fsp3) is 0.591. The topological polar surface area (TPSA) is 72.6 Å². The van der Waals surface area contributed by atoms with Gasteiger partial charge in [0.1, 0.15) is 22.4 Å². The zero-order valence-electron chi connectivity index (χ0n) is 17.4. The van der Waals surface area contributed by atoms with Crippen molar-refractivity contribution in [2.45, 2.75) is 88.8 Å². The molecule has 2 aliphatic rings. The number of aromatic nitrogens is 1. The molecule has 0 spiro atoms. The van der Waals surface area contributed by atoms with Crippen LogP contribution in [-0.4, -0.2) is 36.1 Å². The number of rotatable bonds is 7. The Morgan fingerprint density at radius 2 is 1.79 bits per heavy atom. The van der Waals surface area contributed by atoms with Crippen LogP contribution in [0.15, 0.2) is 33.7 Å². The summed E-state index contributed by atoms with van der Waals surface area (Å²) >= 11 is 0. The van der Waals surface area contributed by atoms with Crippen LogP contribution in [0, 0.1) is 13.8 Å². The molecule has 29 heavy (non-hydrogen) atoms. The van der Waals surface area contributed by atoms with Crippen LogP contribution in [0.2, 0.25) is 0 Å². The van der Waals surface area contributed by atoms with Crippen LogP contribution < -0.4 is 4.74 Å². The van der Waals surface area contributed by atoms with Gasteiger partial charge in [-0.2, -0.15) is 4.31 Å². The zero-order valence-corrected chi connectivity index (χ0v) is 18.2. The minimum absolute atomic E-state index is 0.0266. The molecule has 0 saturated carbocycles. The van der Waals surface area contributed by atoms with Crippen molar-refractivity contribution in [1.29, 1.82) is 0 Å². The Balaban J connectivity index is 1.45. The molecule has 0 amide bonds. The van der Waals surface area contributed by atoms with Crippen molar-refractivity contribution in [3.63, 3.8) is 0 Å². The van der Waals surface area contributed by atoms with Gasteiger partial charge in [0.25, 0.3) is 0 Å². The second kappa shape index (κ2) is 8.11. The maximum Gasteiger partial charge on any atom is 0.248 e.